The first-order valence-corrected chi connectivity index (χ1v) is 8.32. The van der Waals surface area contributed by atoms with Crippen molar-refractivity contribution in [3.05, 3.63) is 0 Å². The highest BCUT2D eigenvalue weighted by molar-refractivity contribution is 5.85. The Morgan fingerprint density at radius 1 is 1.27 bits per heavy atom. The zero-order valence-corrected chi connectivity index (χ0v) is 15.6. The fourth-order valence-electron chi connectivity index (χ4n) is 3.78. The van der Waals surface area contributed by atoms with E-state index in [1.165, 1.54) is 32.4 Å². The van der Waals surface area contributed by atoms with E-state index in [0.29, 0.717) is 12.3 Å². The smallest absolute Gasteiger partial charge is 0.220 e. The number of nitrogens with zero attached hydrogens (tertiary/aromatic N) is 1. The second-order valence-electron chi connectivity index (χ2n) is 7.03. The van der Waals surface area contributed by atoms with Gasteiger partial charge in [-0.1, -0.05) is 13.3 Å². The van der Waals surface area contributed by atoms with E-state index >= 15 is 0 Å². The van der Waals surface area contributed by atoms with E-state index in [4.69, 9.17) is 5.73 Å². The first kappa shape index (κ1) is 22.0. The van der Waals surface area contributed by atoms with Crippen LogP contribution in [0.25, 0.3) is 0 Å². The monoisotopic (exact) mass is 353 g/mol. The van der Waals surface area contributed by atoms with Crippen LogP contribution in [0.15, 0.2) is 0 Å². The highest BCUT2D eigenvalue weighted by Gasteiger charge is 2.26. The Labute approximate surface area is 147 Å². The highest BCUT2D eigenvalue weighted by Crippen LogP contribution is 2.26. The van der Waals surface area contributed by atoms with E-state index in [-0.39, 0.29) is 42.8 Å². The molecule has 1 aliphatic carbocycles. The van der Waals surface area contributed by atoms with E-state index in [2.05, 4.69) is 24.1 Å². The second kappa shape index (κ2) is 10.7. The molecule has 2 unspecified atom stereocenters. The van der Waals surface area contributed by atoms with Crippen molar-refractivity contribution in [1.82, 2.24) is 10.2 Å². The molecule has 0 bridgehead atoms. The maximum Gasteiger partial charge on any atom is 0.220 e. The van der Waals surface area contributed by atoms with Gasteiger partial charge in [-0.25, -0.2) is 0 Å². The number of carbonyl (C=O) groups is 1. The van der Waals surface area contributed by atoms with Gasteiger partial charge in [0.2, 0.25) is 5.91 Å². The molecule has 22 heavy (non-hydrogen) atoms. The molecule has 2 aliphatic rings. The molecule has 132 valence electrons. The topological polar surface area (TPSA) is 58.4 Å². The number of amides is 1. The predicted molar refractivity (Wildman–Crippen MR) is 96.9 cm³/mol. The van der Waals surface area contributed by atoms with Gasteiger partial charge in [-0.3, -0.25) is 4.79 Å². The fraction of sp³-hybridized carbons (Fsp3) is 0.938. The SMILES string of the molecule is CC1CCCN(CC(C)NC(=O)C[C@@H]2CCC[C@H]2N)C1.Cl.Cl. The van der Waals surface area contributed by atoms with Crippen LogP contribution in [0.1, 0.15) is 52.4 Å². The number of nitrogens with one attached hydrogen (secondary N) is 1. The number of likely N-dealkylation sites (tertiary alicyclic amines) is 1. The Kier molecular flexibility index (Phi) is 10.7. The minimum atomic E-state index is 0. The molecule has 4 atom stereocenters. The summed E-state index contributed by atoms with van der Waals surface area (Å²) in [4.78, 5) is 14.6. The maximum atomic E-state index is 12.1. The Hall–Kier alpha value is -0.0300. The summed E-state index contributed by atoms with van der Waals surface area (Å²) >= 11 is 0. The summed E-state index contributed by atoms with van der Waals surface area (Å²) in [6, 6.07) is 0.476. The summed E-state index contributed by atoms with van der Waals surface area (Å²) in [6.07, 6.45) is 6.63. The van der Waals surface area contributed by atoms with Gasteiger partial charge in [0.15, 0.2) is 0 Å². The molecule has 6 heteroatoms. The van der Waals surface area contributed by atoms with Crippen LogP contribution in [0.5, 0.6) is 0 Å². The minimum Gasteiger partial charge on any atom is -0.352 e. The summed E-state index contributed by atoms with van der Waals surface area (Å²) in [5, 5.41) is 3.15. The molecule has 1 amide bonds. The van der Waals surface area contributed by atoms with Crippen LogP contribution in [-0.4, -0.2) is 42.5 Å². The van der Waals surface area contributed by atoms with Crippen LogP contribution in [-0.2, 0) is 4.79 Å². The van der Waals surface area contributed by atoms with Gasteiger partial charge in [-0.2, -0.15) is 0 Å². The van der Waals surface area contributed by atoms with Crippen LogP contribution in [0.4, 0.5) is 0 Å². The zero-order chi connectivity index (χ0) is 14.5. The van der Waals surface area contributed by atoms with Gasteiger partial charge >= 0.3 is 0 Å². The van der Waals surface area contributed by atoms with Gasteiger partial charge in [0.25, 0.3) is 0 Å². The van der Waals surface area contributed by atoms with Gasteiger partial charge in [-0.15, -0.1) is 24.8 Å². The molecule has 2 rings (SSSR count). The van der Waals surface area contributed by atoms with Crippen molar-refractivity contribution in [1.29, 1.82) is 0 Å². The van der Waals surface area contributed by atoms with Crippen molar-refractivity contribution in [3.63, 3.8) is 0 Å². The van der Waals surface area contributed by atoms with Gasteiger partial charge in [-0.05, 0) is 51.0 Å². The summed E-state index contributed by atoms with van der Waals surface area (Å²) in [6.45, 7) is 7.77. The molecule has 0 aromatic heterocycles. The lowest BCUT2D eigenvalue weighted by atomic mass is 9.99. The Bertz CT molecular complexity index is 331. The number of carbonyl (C=O) groups excluding carboxylic acids is 1. The third-order valence-electron chi connectivity index (χ3n) is 4.85. The molecule has 2 fully saturated rings. The summed E-state index contributed by atoms with van der Waals surface area (Å²) in [5.41, 5.74) is 6.03. The Morgan fingerprint density at radius 3 is 2.59 bits per heavy atom. The van der Waals surface area contributed by atoms with Crippen LogP contribution in [0.3, 0.4) is 0 Å². The molecular weight excluding hydrogens is 321 g/mol. The third-order valence-corrected chi connectivity index (χ3v) is 4.85. The molecule has 1 heterocycles. The van der Waals surface area contributed by atoms with Gasteiger partial charge < -0.3 is 16.0 Å². The molecule has 0 aromatic rings. The van der Waals surface area contributed by atoms with E-state index in [9.17, 15) is 4.79 Å². The van der Waals surface area contributed by atoms with Crippen molar-refractivity contribution >= 4 is 30.7 Å². The second-order valence-corrected chi connectivity index (χ2v) is 7.03. The quantitative estimate of drug-likeness (QED) is 0.798. The van der Waals surface area contributed by atoms with E-state index in [1.54, 1.807) is 0 Å². The van der Waals surface area contributed by atoms with Crippen molar-refractivity contribution in [2.24, 2.45) is 17.6 Å². The summed E-state index contributed by atoms with van der Waals surface area (Å²) < 4.78 is 0. The molecule has 0 radical (unpaired) electrons. The highest BCUT2D eigenvalue weighted by atomic mass is 35.5. The van der Waals surface area contributed by atoms with E-state index in [0.717, 1.165) is 25.3 Å². The largest absolute Gasteiger partial charge is 0.352 e. The van der Waals surface area contributed by atoms with Gasteiger partial charge in [0.05, 0.1) is 0 Å². The standard InChI is InChI=1S/C16H31N3O.2ClH/c1-12-5-4-8-19(10-12)11-13(2)18-16(20)9-14-6-3-7-15(14)17;;/h12-15H,3-11,17H2,1-2H3,(H,18,20);2*1H/t12?,13?,14-,15+;;/m0../s1. The maximum absolute atomic E-state index is 12.1. The first-order valence-electron chi connectivity index (χ1n) is 8.32. The number of hydrogen-bond donors (Lipinski definition) is 2. The summed E-state index contributed by atoms with van der Waals surface area (Å²) in [7, 11) is 0. The third kappa shape index (κ3) is 7.03. The number of hydrogen-bond acceptors (Lipinski definition) is 3. The van der Waals surface area contributed by atoms with Crippen LogP contribution < -0.4 is 11.1 Å². The Balaban J connectivity index is 0.00000220. The lowest BCUT2D eigenvalue weighted by Crippen LogP contribution is -2.45. The van der Waals surface area contributed by atoms with Crippen LogP contribution in [0, 0.1) is 11.8 Å². The lowest BCUT2D eigenvalue weighted by Gasteiger charge is -2.33. The molecule has 4 nitrogen and oxygen atoms in total. The number of rotatable bonds is 5. The average Bonchev–Trinajstić information content (AvgIpc) is 2.74. The lowest BCUT2D eigenvalue weighted by molar-refractivity contribution is -0.122. The van der Waals surface area contributed by atoms with Crippen molar-refractivity contribution in [2.75, 3.05) is 19.6 Å². The van der Waals surface area contributed by atoms with Crippen molar-refractivity contribution in [3.8, 4) is 0 Å². The number of halogens is 2. The van der Waals surface area contributed by atoms with Crippen LogP contribution in [0.2, 0.25) is 0 Å². The first-order chi connectivity index (χ1) is 9.54. The van der Waals surface area contributed by atoms with E-state index in [1.807, 2.05) is 0 Å². The van der Waals surface area contributed by atoms with Crippen molar-refractivity contribution in [2.45, 2.75) is 64.5 Å². The zero-order valence-electron chi connectivity index (χ0n) is 13.9. The van der Waals surface area contributed by atoms with Gasteiger partial charge in [0.1, 0.15) is 0 Å². The summed E-state index contributed by atoms with van der Waals surface area (Å²) in [5.74, 6) is 1.38. The van der Waals surface area contributed by atoms with Crippen molar-refractivity contribution < 1.29 is 4.79 Å². The number of piperidine rings is 1. The average molecular weight is 354 g/mol. The molecule has 0 spiro atoms. The molecular formula is C16H33Cl2N3O. The van der Waals surface area contributed by atoms with E-state index < -0.39 is 0 Å². The van der Waals surface area contributed by atoms with Gasteiger partial charge in [0, 0.05) is 31.6 Å². The molecule has 0 aromatic carbocycles. The van der Waals surface area contributed by atoms with Crippen LogP contribution >= 0.6 is 24.8 Å². The normalized spacial score (nSPS) is 30.0. The fourth-order valence-corrected chi connectivity index (χ4v) is 3.78. The minimum absolute atomic E-state index is 0. The molecule has 1 aliphatic heterocycles. The molecule has 1 saturated carbocycles. The molecule has 3 N–H and O–H groups in total. The molecule has 1 saturated heterocycles. The number of nitrogens with two attached hydrogens (primary N) is 1. The Morgan fingerprint density at radius 2 is 2.00 bits per heavy atom. The predicted octanol–water partition coefficient (Wildman–Crippen LogP) is 2.58.